The molecule has 0 unspecified atom stereocenters. The van der Waals surface area contributed by atoms with Crippen molar-refractivity contribution in [2.45, 2.75) is 32.3 Å². The second-order valence-electron chi connectivity index (χ2n) is 3.43. The van der Waals surface area contributed by atoms with Crippen molar-refractivity contribution in [1.82, 2.24) is 0 Å². The third-order valence-corrected chi connectivity index (χ3v) is 2.41. The topological polar surface area (TPSA) is 18.5 Å². The van der Waals surface area contributed by atoms with Crippen LogP contribution in [0, 0.1) is 0 Å². The van der Waals surface area contributed by atoms with Crippen LogP contribution in [0.1, 0.15) is 25.7 Å². The molecular weight excluding hydrogens is 164 g/mol. The highest BCUT2D eigenvalue weighted by molar-refractivity contribution is 5.16. The van der Waals surface area contributed by atoms with Gasteiger partial charge in [0, 0.05) is 5.56 Å². The van der Waals surface area contributed by atoms with Crippen molar-refractivity contribution >= 4 is 0 Å². The lowest BCUT2D eigenvalue weighted by atomic mass is 10.2. The maximum atomic E-state index is 5.64. The predicted octanol–water partition coefficient (Wildman–Crippen LogP) is 2.51. The fraction of sp³-hybridized carbons (Fsp3) is 0.455. The summed E-state index contributed by atoms with van der Waals surface area (Å²) in [4.78, 5) is 0. The Balaban J connectivity index is 2.12. The Hall–Kier alpha value is -0.860. The van der Waals surface area contributed by atoms with Crippen molar-refractivity contribution in [1.29, 1.82) is 0 Å². The van der Waals surface area contributed by atoms with Gasteiger partial charge in [-0.15, -0.1) is 0 Å². The van der Waals surface area contributed by atoms with Gasteiger partial charge in [0.1, 0.15) is 0 Å². The van der Waals surface area contributed by atoms with Gasteiger partial charge in [-0.25, -0.2) is 0 Å². The molecule has 0 amide bonds. The van der Waals surface area contributed by atoms with Gasteiger partial charge >= 0.3 is 0 Å². The van der Waals surface area contributed by atoms with Crippen molar-refractivity contribution in [3.8, 4) is 0 Å². The van der Waals surface area contributed by atoms with Crippen LogP contribution in [0.3, 0.4) is 0 Å². The Kier molecular flexibility index (Phi) is 2.34. The smallest absolute Gasteiger partial charge is 0.184 e. The van der Waals surface area contributed by atoms with Gasteiger partial charge in [-0.3, -0.25) is 0 Å². The van der Waals surface area contributed by atoms with Gasteiger partial charge in [-0.2, -0.15) is 0 Å². The van der Waals surface area contributed by atoms with Crippen LogP contribution in [0.25, 0.3) is 0 Å². The van der Waals surface area contributed by atoms with E-state index in [-0.39, 0.29) is 18.5 Å². The van der Waals surface area contributed by atoms with E-state index in [4.69, 9.17) is 9.47 Å². The number of hydrogen-bond donors (Lipinski definition) is 0. The first kappa shape index (κ1) is 8.73. The second kappa shape index (κ2) is 3.48. The molecule has 3 atom stereocenters. The summed E-state index contributed by atoms with van der Waals surface area (Å²) in [5.74, 6) is 0. The summed E-state index contributed by atoms with van der Waals surface area (Å²) >= 11 is 0. The van der Waals surface area contributed by atoms with E-state index in [0.717, 1.165) is 5.56 Å². The molecule has 0 saturated carbocycles. The Labute approximate surface area is 78.5 Å². The summed E-state index contributed by atoms with van der Waals surface area (Å²) in [5, 5.41) is 0. The number of hydrogen-bond acceptors (Lipinski definition) is 2. The van der Waals surface area contributed by atoms with Gasteiger partial charge in [-0.1, -0.05) is 30.3 Å². The van der Waals surface area contributed by atoms with Gasteiger partial charge in [0.2, 0.25) is 0 Å². The van der Waals surface area contributed by atoms with E-state index in [1.54, 1.807) is 0 Å². The van der Waals surface area contributed by atoms with E-state index < -0.39 is 0 Å². The normalized spacial score (nSPS) is 33.5. The van der Waals surface area contributed by atoms with E-state index in [2.05, 4.69) is 0 Å². The molecular formula is C11H14O2. The van der Waals surface area contributed by atoms with Crippen molar-refractivity contribution < 1.29 is 9.47 Å². The quantitative estimate of drug-likeness (QED) is 0.657. The van der Waals surface area contributed by atoms with Gasteiger partial charge in [0.25, 0.3) is 0 Å². The van der Waals surface area contributed by atoms with E-state index in [1.165, 1.54) is 0 Å². The first-order chi connectivity index (χ1) is 6.27. The molecule has 0 spiro atoms. The zero-order valence-corrected chi connectivity index (χ0v) is 7.94. The molecule has 0 N–H and O–H groups in total. The summed E-state index contributed by atoms with van der Waals surface area (Å²) in [7, 11) is 0. The van der Waals surface area contributed by atoms with Crippen LogP contribution in [0.4, 0.5) is 0 Å². The lowest BCUT2D eigenvalue weighted by Gasteiger charge is -2.09. The minimum atomic E-state index is -0.175. The monoisotopic (exact) mass is 178 g/mol. The van der Waals surface area contributed by atoms with Crippen LogP contribution < -0.4 is 0 Å². The Morgan fingerprint density at radius 3 is 2.00 bits per heavy atom. The molecule has 70 valence electrons. The second-order valence-corrected chi connectivity index (χ2v) is 3.43. The maximum absolute atomic E-state index is 5.64. The molecule has 1 fully saturated rings. The summed E-state index contributed by atoms with van der Waals surface area (Å²) < 4.78 is 11.3. The third kappa shape index (κ3) is 1.74. The number of ether oxygens (including phenoxy) is 2. The van der Waals surface area contributed by atoms with Crippen LogP contribution in [0.2, 0.25) is 0 Å². The molecule has 2 nitrogen and oxygen atoms in total. The van der Waals surface area contributed by atoms with Crippen LogP contribution in [-0.2, 0) is 9.47 Å². The highest BCUT2D eigenvalue weighted by atomic mass is 16.7. The molecule has 1 aliphatic heterocycles. The van der Waals surface area contributed by atoms with Gasteiger partial charge in [0.15, 0.2) is 6.29 Å². The first-order valence-electron chi connectivity index (χ1n) is 4.63. The fourth-order valence-corrected chi connectivity index (χ4v) is 1.41. The molecule has 1 aromatic rings. The first-order valence-corrected chi connectivity index (χ1v) is 4.63. The van der Waals surface area contributed by atoms with Crippen LogP contribution in [0.5, 0.6) is 0 Å². The zero-order chi connectivity index (χ0) is 9.26. The van der Waals surface area contributed by atoms with E-state index in [1.807, 2.05) is 44.2 Å². The van der Waals surface area contributed by atoms with E-state index in [9.17, 15) is 0 Å². The summed E-state index contributed by atoms with van der Waals surface area (Å²) in [5.41, 5.74) is 1.10. The zero-order valence-electron chi connectivity index (χ0n) is 7.94. The molecule has 0 aliphatic carbocycles. The third-order valence-electron chi connectivity index (χ3n) is 2.41. The molecule has 1 aliphatic rings. The molecule has 0 bridgehead atoms. The molecule has 1 heterocycles. The van der Waals surface area contributed by atoms with Crippen LogP contribution in [0.15, 0.2) is 30.3 Å². The molecule has 13 heavy (non-hydrogen) atoms. The molecule has 1 aromatic carbocycles. The molecule has 2 rings (SSSR count). The van der Waals surface area contributed by atoms with Crippen LogP contribution >= 0.6 is 0 Å². The van der Waals surface area contributed by atoms with Crippen molar-refractivity contribution in [2.75, 3.05) is 0 Å². The van der Waals surface area contributed by atoms with Gasteiger partial charge < -0.3 is 9.47 Å². The SMILES string of the molecule is C[C@@H]1O[C@H](c2ccccc2)O[C@@H]1C. The minimum absolute atomic E-state index is 0.175. The van der Waals surface area contributed by atoms with E-state index in [0.29, 0.717) is 0 Å². The Morgan fingerprint density at radius 2 is 1.46 bits per heavy atom. The minimum Gasteiger partial charge on any atom is -0.343 e. The largest absolute Gasteiger partial charge is 0.343 e. The predicted molar refractivity (Wildman–Crippen MR) is 50.3 cm³/mol. The highest BCUT2D eigenvalue weighted by Crippen LogP contribution is 2.30. The van der Waals surface area contributed by atoms with E-state index >= 15 is 0 Å². The average Bonchev–Trinajstić information content (AvgIpc) is 2.49. The standard InChI is InChI=1S/C11H14O2/c1-8-9(2)13-11(12-8)10-6-4-3-5-7-10/h3-9,11H,1-2H3/t8-,9+,11-. The maximum Gasteiger partial charge on any atom is 0.184 e. The van der Waals surface area contributed by atoms with Crippen molar-refractivity contribution in [3.63, 3.8) is 0 Å². The van der Waals surface area contributed by atoms with Crippen molar-refractivity contribution in [3.05, 3.63) is 35.9 Å². The Bertz CT molecular complexity index is 261. The number of rotatable bonds is 1. The molecule has 2 heteroatoms. The summed E-state index contributed by atoms with van der Waals surface area (Å²) in [6, 6.07) is 10.0. The molecule has 0 aromatic heterocycles. The highest BCUT2D eigenvalue weighted by Gasteiger charge is 2.30. The lowest BCUT2D eigenvalue weighted by molar-refractivity contribution is -0.0652. The molecule has 0 radical (unpaired) electrons. The Morgan fingerprint density at radius 1 is 0.923 bits per heavy atom. The van der Waals surface area contributed by atoms with Gasteiger partial charge in [0.05, 0.1) is 12.2 Å². The van der Waals surface area contributed by atoms with Crippen LogP contribution in [-0.4, -0.2) is 12.2 Å². The average molecular weight is 178 g/mol. The fourth-order valence-electron chi connectivity index (χ4n) is 1.41. The summed E-state index contributed by atoms with van der Waals surface area (Å²) in [6.07, 6.45) is 0.196. The van der Waals surface area contributed by atoms with Gasteiger partial charge in [-0.05, 0) is 13.8 Å². The molecule has 1 saturated heterocycles. The number of benzene rings is 1. The van der Waals surface area contributed by atoms with Crippen molar-refractivity contribution in [2.24, 2.45) is 0 Å². The lowest BCUT2D eigenvalue weighted by Crippen LogP contribution is -2.13. The summed E-state index contributed by atoms with van der Waals surface area (Å²) in [6.45, 7) is 4.07.